The third-order valence-electron chi connectivity index (χ3n) is 5.78. The molecule has 0 aromatic heterocycles. The summed E-state index contributed by atoms with van der Waals surface area (Å²) in [6.45, 7) is 0.771. The largest absolute Gasteiger partial charge is 0.312 e. The van der Waals surface area contributed by atoms with E-state index in [1.54, 1.807) is 11.5 Å². The summed E-state index contributed by atoms with van der Waals surface area (Å²) in [5, 5.41) is 8.81. The predicted octanol–water partition coefficient (Wildman–Crippen LogP) is 3.11. The Morgan fingerprint density at radius 1 is 1.08 bits per heavy atom. The molecule has 4 rings (SSSR count). The SMILES string of the molecule is O=C(NO)c1ccc2c(c1)CC[C@@]1(CCCN(c3ccccc3)C1=O)C2. The highest BCUT2D eigenvalue weighted by atomic mass is 16.5. The Labute approximate surface area is 152 Å². The van der Waals surface area contributed by atoms with Gasteiger partial charge in [-0.1, -0.05) is 24.3 Å². The van der Waals surface area contributed by atoms with E-state index in [-0.39, 0.29) is 11.3 Å². The molecular weight excluding hydrogens is 328 g/mol. The fraction of sp³-hybridized carbons (Fsp3) is 0.333. The summed E-state index contributed by atoms with van der Waals surface area (Å²) in [4.78, 5) is 26.9. The van der Waals surface area contributed by atoms with Crippen LogP contribution in [0.4, 0.5) is 5.69 Å². The molecule has 2 aliphatic rings. The zero-order chi connectivity index (χ0) is 18.1. The standard InChI is InChI=1S/C21H22N2O3/c24-19(22-26)16-7-8-17-14-21(11-9-15(17)13-16)10-4-12-23(20(21)25)18-5-2-1-3-6-18/h1-3,5-8,13,26H,4,9-12,14H2,(H,22,24)/t21-/m0/s1. The van der Waals surface area contributed by atoms with Crippen molar-refractivity contribution in [1.82, 2.24) is 5.48 Å². The number of nitrogens with one attached hydrogen (secondary N) is 1. The van der Waals surface area contributed by atoms with Crippen LogP contribution in [0, 0.1) is 5.41 Å². The van der Waals surface area contributed by atoms with Gasteiger partial charge in [-0.2, -0.15) is 0 Å². The maximum atomic E-state index is 13.4. The van der Waals surface area contributed by atoms with E-state index in [0.29, 0.717) is 12.0 Å². The summed E-state index contributed by atoms with van der Waals surface area (Å²) in [5.41, 5.74) is 4.98. The lowest BCUT2D eigenvalue weighted by Gasteiger charge is -2.44. The molecule has 1 aliphatic heterocycles. The van der Waals surface area contributed by atoms with Gasteiger partial charge in [0.25, 0.3) is 5.91 Å². The minimum Gasteiger partial charge on any atom is -0.312 e. The van der Waals surface area contributed by atoms with Crippen LogP contribution < -0.4 is 10.4 Å². The van der Waals surface area contributed by atoms with E-state index in [9.17, 15) is 9.59 Å². The number of carbonyl (C=O) groups excluding carboxylic acids is 2. The van der Waals surface area contributed by atoms with Gasteiger partial charge in [-0.15, -0.1) is 0 Å². The van der Waals surface area contributed by atoms with Gasteiger partial charge in [-0.3, -0.25) is 14.8 Å². The lowest BCUT2D eigenvalue weighted by Crippen LogP contribution is -2.51. The van der Waals surface area contributed by atoms with Crippen molar-refractivity contribution in [1.29, 1.82) is 0 Å². The third-order valence-corrected chi connectivity index (χ3v) is 5.78. The number of piperidine rings is 1. The molecule has 1 spiro atoms. The molecule has 5 nitrogen and oxygen atoms in total. The monoisotopic (exact) mass is 350 g/mol. The molecule has 134 valence electrons. The zero-order valence-electron chi connectivity index (χ0n) is 14.6. The molecule has 1 atom stereocenters. The normalized spacial score (nSPS) is 22.2. The van der Waals surface area contributed by atoms with Crippen molar-refractivity contribution in [2.24, 2.45) is 5.41 Å². The van der Waals surface area contributed by atoms with Crippen LogP contribution >= 0.6 is 0 Å². The number of anilines is 1. The van der Waals surface area contributed by atoms with Gasteiger partial charge in [-0.25, -0.2) is 5.48 Å². The first-order chi connectivity index (χ1) is 12.6. The Morgan fingerprint density at radius 2 is 1.88 bits per heavy atom. The molecule has 0 saturated carbocycles. The minimum absolute atomic E-state index is 0.220. The molecule has 2 N–H and O–H groups in total. The van der Waals surface area contributed by atoms with Crippen LogP contribution in [0.15, 0.2) is 48.5 Å². The minimum atomic E-state index is -0.503. The van der Waals surface area contributed by atoms with E-state index in [1.807, 2.05) is 47.4 Å². The number of hydroxylamine groups is 1. The van der Waals surface area contributed by atoms with Crippen molar-refractivity contribution in [2.75, 3.05) is 11.4 Å². The quantitative estimate of drug-likeness (QED) is 0.646. The lowest BCUT2D eigenvalue weighted by molar-refractivity contribution is -0.131. The third kappa shape index (κ3) is 2.78. The first-order valence-electron chi connectivity index (χ1n) is 9.06. The van der Waals surface area contributed by atoms with Crippen LogP contribution in [0.3, 0.4) is 0 Å². The summed E-state index contributed by atoms with van der Waals surface area (Å²) < 4.78 is 0. The fourth-order valence-corrected chi connectivity index (χ4v) is 4.38. The highest BCUT2D eigenvalue weighted by molar-refractivity contribution is 5.99. The van der Waals surface area contributed by atoms with Crippen LogP contribution in [-0.4, -0.2) is 23.6 Å². The van der Waals surface area contributed by atoms with E-state index in [1.165, 1.54) is 0 Å². The Hall–Kier alpha value is -2.66. The molecule has 0 bridgehead atoms. The van der Waals surface area contributed by atoms with Gasteiger partial charge in [0.2, 0.25) is 5.91 Å². The number of amides is 2. The second kappa shape index (κ2) is 6.57. The smallest absolute Gasteiger partial charge is 0.274 e. The molecule has 2 aromatic carbocycles. The van der Waals surface area contributed by atoms with Crippen LogP contribution in [0.2, 0.25) is 0 Å². The van der Waals surface area contributed by atoms with Crippen molar-refractivity contribution < 1.29 is 14.8 Å². The highest BCUT2D eigenvalue weighted by Gasteiger charge is 2.46. The Kier molecular flexibility index (Phi) is 4.24. The van der Waals surface area contributed by atoms with Gasteiger partial charge >= 0.3 is 0 Å². The van der Waals surface area contributed by atoms with Crippen LogP contribution in [-0.2, 0) is 17.6 Å². The van der Waals surface area contributed by atoms with E-state index in [0.717, 1.165) is 49.0 Å². The van der Waals surface area contributed by atoms with E-state index < -0.39 is 5.91 Å². The number of rotatable bonds is 2. The van der Waals surface area contributed by atoms with E-state index in [4.69, 9.17) is 5.21 Å². The van der Waals surface area contributed by atoms with Crippen molar-refractivity contribution in [2.45, 2.75) is 32.1 Å². The van der Waals surface area contributed by atoms with Gasteiger partial charge in [0.05, 0.1) is 5.41 Å². The molecule has 2 amide bonds. The molecule has 26 heavy (non-hydrogen) atoms. The van der Waals surface area contributed by atoms with Crippen LogP contribution in [0.5, 0.6) is 0 Å². The Morgan fingerprint density at radius 3 is 2.65 bits per heavy atom. The topological polar surface area (TPSA) is 69.6 Å². The number of hydrogen-bond acceptors (Lipinski definition) is 3. The predicted molar refractivity (Wildman–Crippen MR) is 98.2 cm³/mol. The van der Waals surface area contributed by atoms with Gasteiger partial charge in [0, 0.05) is 17.8 Å². The molecule has 1 heterocycles. The van der Waals surface area contributed by atoms with E-state index in [2.05, 4.69) is 0 Å². The second-order valence-electron chi connectivity index (χ2n) is 7.28. The summed E-state index contributed by atoms with van der Waals surface area (Å²) in [6.07, 6.45) is 4.20. The number of para-hydroxylation sites is 1. The van der Waals surface area contributed by atoms with Gasteiger partial charge < -0.3 is 4.90 Å². The summed E-state index contributed by atoms with van der Waals surface area (Å²) in [7, 11) is 0. The van der Waals surface area contributed by atoms with E-state index >= 15 is 0 Å². The number of fused-ring (bicyclic) bond motifs is 1. The van der Waals surface area contributed by atoms with Crippen molar-refractivity contribution >= 4 is 17.5 Å². The molecule has 2 aromatic rings. The summed E-state index contributed by atoms with van der Waals surface area (Å²) in [6, 6.07) is 15.4. The molecule has 0 unspecified atom stereocenters. The number of hydrogen-bond donors (Lipinski definition) is 2. The molecule has 1 saturated heterocycles. The summed E-state index contributed by atoms with van der Waals surface area (Å²) in [5.74, 6) is -0.283. The first-order valence-corrected chi connectivity index (χ1v) is 9.06. The maximum Gasteiger partial charge on any atom is 0.274 e. The average Bonchev–Trinajstić information content (AvgIpc) is 2.70. The van der Waals surface area contributed by atoms with Gasteiger partial charge in [-0.05, 0) is 67.5 Å². The lowest BCUT2D eigenvalue weighted by atomic mass is 9.66. The van der Waals surface area contributed by atoms with Gasteiger partial charge in [0.1, 0.15) is 0 Å². The van der Waals surface area contributed by atoms with Crippen molar-refractivity contribution in [3.05, 3.63) is 65.2 Å². The second-order valence-corrected chi connectivity index (χ2v) is 7.28. The summed E-state index contributed by atoms with van der Waals surface area (Å²) >= 11 is 0. The molecule has 1 fully saturated rings. The van der Waals surface area contributed by atoms with Gasteiger partial charge in [0.15, 0.2) is 0 Å². The van der Waals surface area contributed by atoms with Crippen LogP contribution in [0.25, 0.3) is 0 Å². The first kappa shape index (κ1) is 16.8. The molecule has 1 aliphatic carbocycles. The molecule has 0 radical (unpaired) electrons. The number of nitrogens with zero attached hydrogens (tertiary/aromatic N) is 1. The molecule has 5 heteroatoms. The maximum absolute atomic E-state index is 13.4. The molecular formula is C21H22N2O3. The zero-order valence-corrected chi connectivity index (χ0v) is 14.6. The number of benzene rings is 2. The highest BCUT2D eigenvalue weighted by Crippen LogP contribution is 2.44. The van der Waals surface area contributed by atoms with Crippen molar-refractivity contribution in [3.8, 4) is 0 Å². The number of carbonyl (C=O) groups is 2. The van der Waals surface area contributed by atoms with Crippen molar-refractivity contribution in [3.63, 3.8) is 0 Å². The Balaban J connectivity index is 1.62. The Bertz CT molecular complexity index is 850. The fourth-order valence-electron chi connectivity index (χ4n) is 4.38. The van der Waals surface area contributed by atoms with Crippen LogP contribution in [0.1, 0.15) is 40.7 Å². The average molecular weight is 350 g/mol. The number of aryl methyl sites for hydroxylation is 1.